The van der Waals surface area contributed by atoms with Crippen LogP contribution in [0.1, 0.15) is 387 Å². The Morgan fingerprint density at radius 1 is 0.422 bits per heavy atom. The predicted molar refractivity (Wildman–Crippen MR) is 552 cm³/mol. The van der Waals surface area contributed by atoms with Gasteiger partial charge in [-0.3, -0.25) is 14.5 Å². The van der Waals surface area contributed by atoms with E-state index in [-0.39, 0.29) is 85.3 Å². The molecule has 3 aromatic carbocycles. The molecule has 3 rings (SSSR count). The van der Waals surface area contributed by atoms with Crippen molar-refractivity contribution in [2.24, 2.45) is 11.5 Å². The number of unbranched alkanes of at least 4 members (excludes halogenated alkanes) is 10. The average molecular weight is 2060 g/mol. The van der Waals surface area contributed by atoms with E-state index in [9.17, 15) is 48.3 Å². The smallest absolute Gasteiger partial charge is 0.444 e. The van der Waals surface area contributed by atoms with E-state index < -0.39 is 80.8 Å². The molecule has 0 heterocycles. The molecule has 0 radical (unpaired) electrons. The molecule has 0 aliphatic carbocycles. The molecule has 0 aliphatic heterocycles. The zero-order valence-electron chi connectivity index (χ0n) is 90.3. The van der Waals surface area contributed by atoms with Crippen molar-refractivity contribution in [3.05, 3.63) is 108 Å². The summed E-state index contributed by atoms with van der Waals surface area (Å²) in [5, 5.41) is 32.7. The van der Waals surface area contributed by atoms with Crippen LogP contribution in [0.15, 0.2) is 91.0 Å². The molecule has 0 unspecified atom stereocenters. The number of rotatable bonds is 39. The largest absolute Gasteiger partial charge is 0.519 e. The van der Waals surface area contributed by atoms with E-state index in [0.717, 1.165) is 121 Å². The number of aliphatic hydroxyl groups excluding tert-OH is 2. The molecule has 135 heavy (non-hydrogen) atoms. The molecule has 3 aromatic rings. The summed E-state index contributed by atoms with van der Waals surface area (Å²) in [4.78, 5) is 107. The molecule has 5 atom stereocenters. The summed E-state index contributed by atoms with van der Waals surface area (Å²) < 4.78 is 35.0. The van der Waals surface area contributed by atoms with Gasteiger partial charge < -0.3 is 102 Å². The van der Waals surface area contributed by atoms with Crippen LogP contribution in [0.3, 0.4) is 0 Å². The number of amides is 5. The molecule has 0 aromatic heterocycles. The second-order valence-electron chi connectivity index (χ2n) is 41.1. The van der Waals surface area contributed by atoms with Gasteiger partial charge in [0, 0.05) is 84.6 Å². The summed E-state index contributed by atoms with van der Waals surface area (Å²) in [5.41, 5.74) is 8.46. The molecule has 0 spiro atoms. The minimum absolute atomic E-state index is 0. The van der Waals surface area contributed by atoms with Gasteiger partial charge >= 0.3 is 36.7 Å². The van der Waals surface area contributed by atoms with Gasteiger partial charge in [-0.15, -0.1) is 12.4 Å². The number of nitrogens with one attached hydrogen (secondary N) is 5. The molecule has 0 aliphatic rings. The maximum absolute atomic E-state index is 12.4. The second kappa shape index (κ2) is 78.9. The van der Waals surface area contributed by atoms with Crippen LogP contribution in [0.2, 0.25) is 0 Å². The van der Waals surface area contributed by atoms with E-state index in [2.05, 4.69) is 136 Å². The minimum Gasteiger partial charge on any atom is -0.444 e. The van der Waals surface area contributed by atoms with E-state index in [1.807, 2.05) is 162 Å². The van der Waals surface area contributed by atoms with Gasteiger partial charge in [-0.2, -0.15) is 0 Å². The van der Waals surface area contributed by atoms with Crippen LogP contribution in [0.25, 0.3) is 0 Å². The van der Waals surface area contributed by atoms with E-state index in [1.54, 1.807) is 81.1 Å². The third kappa shape index (κ3) is 98.6. The second-order valence-corrected chi connectivity index (χ2v) is 41.7. The number of ether oxygens (including phenoxy) is 7. The minimum atomic E-state index is -1.06. The van der Waals surface area contributed by atoms with Gasteiger partial charge in [0.2, 0.25) is 11.1 Å². The molecule has 0 fully saturated rings. The van der Waals surface area contributed by atoms with Crippen molar-refractivity contribution in [1.29, 1.82) is 0 Å². The summed E-state index contributed by atoms with van der Waals surface area (Å²) in [7, 11) is 0. The number of halogens is 2. The van der Waals surface area contributed by atoms with E-state index in [1.165, 1.54) is 43.7 Å². The fourth-order valence-corrected chi connectivity index (χ4v) is 11.9. The Bertz CT molecular complexity index is 3450. The molecular formula is C103H195Cl2N9O20Pd. The molecule has 796 valence electrons. The van der Waals surface area contributed by atoms with Crippen LogP contribution in [-0.2, 0) is 87.6 Å². The Balaban J connectivity index is -0.000000168. The first-order valence-corrected chi connectivity index (χ1v) is 47.8. The first-order valence-electron chi connectivity index (χ1n) is 47.5. The van der Waals surface area contributed by atoms with Gasteiger partial charge in [0.15, 0.2) is 0 Å². The topological polar surface area (TPSA) is 440 Å². The molecule has 0 bridgehead atoms. The van der Waals surface area contributed by atoms with Gasteiger partial charge in [-0.25, -0.2) is 28.8 Å². The van der Waals surface area contributed by atoms with Crippen LogP contribution in [0.4, 0.5) is 28.8 Å². The summed E-state index contributed by atoms with van der Waals surface area (Å²) in [6.07, 6.45) is 17.4. The SMILES string of the molecule is CC(=O)Cl.CC(C)(C)OC(=O)OC(=O)OC(C)(C)C.CCCCC[C@@](C)(N)CO.CCCCC[C@](C)(C=O)NC(=O)OC(C)(C)C.CCCCC[C@](C)(CN(Cc1ccccc1)C(C)=O)NC(=O)OC(C)(C)C.CCCCC[C@](C)(CNCc1ccccc1)NC(=O)OC(C)(C)C.CCCCC[C@](C)(CO)NC(=O)OC(C)(C)C.CCN(C(C)C)C(C)C.Cl.NCc1ccccc1.O.O.[Pd]. The first kappa shape index (κ1) is 148. The number of carbonyl (C=O) groups excluding carboxylic acids is 9. The van der Waals surface area contributed by atoms with Crippen molar-refractivity contribution < 1.29 is 118 Å². The fraction of sp³-hybridized carbons (Fsp3) is 0.738. The normalized spacial score (nSPS) is 13.1. The number of aliphatic hydroxyl groups is 2. The van der Waals surface area contributed by atoms with Gasteiger partial charge in [-0.1, -0.05) is 229 Å². The van der Waals surface area contributed by atoms with Gasteiger partial charge in [-0.05, 0) is 254 Å². The number of hydrogen-bond acceptors (Lipinski definition) is 22. The monoisotopic (exact) mass is 2050 g/mol. The number of aldehydes is 1. The number of benzene rings is 3. The third-order valence-electron chi connectivity index (χ3n) is 18.4. The Morgan fingerprint density at radius 2 is 0.711 bits per heavy atom. The van der Waals surface area contributed by atoms with E-state index in [4.69, 9.17) is 45.0 Å². The average Bonchev–Trinajstić information content (AvgIpc) is 0.823. The van der Waals surface area contributed by atoms with Crippen molar-refractivity contribution in [3.63, 3.8) is 0 Å². The van der Waals surface area contributed by atoms with Crippen molar-refractivity contribution in [3.8, 4) is 0 Å². The van der Waals surface area contributed by atoms with Crippen LogP contribution < -0.4 is 38.1 Å². The Morgan fingerprint density at radius 3 is 0.985 bits per heavy atom. The number of carbonyl (C=O) groups is 9. The number of alkyl carbamates (subject to hydrolysis) is 4. The summed E-state index contributed by atoms with van der Waals surface area (Å²) >= 11 is 4.64. The zero-order chi connectivity index (χ0) is 103. The fourth-order valence-electron chi connectivity index (χ4n) is 11.9. The summed E-state index contributed by atoms with van der Waals surface area (Å²) in [6.45, 7) is 70.6. The summed E-state index contributed by atoms with van der Waals surface area (Å²) in [6, 6.07) is 31.6. The standard InChI is InChI=1S/C22H36N2O3.C20H34N2O2.C13H27NO3.C13H25NO3.C10H18O5.C8H19NO.C8H19N.C7H9N.C2H3ClO.ClH.2H2O.Pd/c1-7-8-12-15-22(6,23-20(26)27-21(3,4)5)17-24(18(2)25)16-19-13-10-9-11-14-19;1-6-7-11-14-20(5,22-18(23)24-19(2,3)4)16-21-15-17-12-9-8-10-13-17;2*1-6-7-8-9-13(5,10-15)14-11(16)17-12(2,3)4;1-9(2,3)14-7(11)13-8(12)15-10(4,5)6;1-3-4-5-6-8(2,9)7-10;1-6-9(7(2)3)8(4)5;8-6-7-4-2-1-3-5-7;1-2(3)4;;;;/h9-11,13-14H,7-8,12,15-17H2,1-6H3,(H,23,26);8-10,12-13,21H,6-7,11,14-16H2,1-5H3,(H,22,23);15H,6-10H2,1-5H3,(H,14,16);10H,6-9H2,1-5H3,(H,14,16);1-6H3;10H,3-7,9H2,1-2H3;7-8H,6H2,1-5H3;1-5H,6,8H2;1H3;1H;2*1H2;/t22-;20-;2*13-;;8-;;;;;;;/m1111.1......./s1. The quantitative estimate of drug-likeness (QED) is 0.00487. The van der Waals surface area contributed by atoms with Crippen molar-refractivity contribution >= 4 is 78.1 Å². The molecule has 0 saturated carbocycles. The van der Waals surface area contributed by atoms with Crippen LogP contribution >= 0.6 is 24.0 Å². The van der Waals surface area contributed by atoms with E-state index >= 15 is 0 Å². The molecule has 32 heteroatoms. The molecule has 15 N–H and O–H groups in total. The van der Waals surface area contributed by atoms with Gasteiger partial charge in [0.05, 0.1) is 35.4 Å². The molecule has 5 amide bonds. The van der Waals surface area contributed by atoms with E-state index in [0.29, 0.717) is 44.7 Å². The maximum atomic E-state index is 12.4. The maximum Gasteiger partial charge on any atom is 0.519 e. The summed E-state index contributed by atoms with van der Waals surface area (Å²) in [5.74, 6) is -0.00782. The van der Waals surface area contributed by atoms with Crippen LogP contribution in [0.5, 0.6) is 0 Å². The van der Waals surface area contributed by atoms with Crippen molar-refractivity contribution in [2.75, 3.05) is 32.8 Å². The Labute approximate surface area is 843 Å². The number of hydrogen-bond donors (Lipinski definition) is 9. The predicted octanol–water partition coefficient (Wildman–Crippen LogP) is 22.4. The molecule has 29 nitrogen and oxygen atoms in total. The number of nitrogens with two attached hydrogens (primary N) is 2. The molecule has 0 saturated heterocycles. The Kier molecular flexibility index (Phi) is 86.8. The molecular weight excluding hydrogens is 1860 g/mol. The van der Waals surface area contributed by atoms with Crippen LogP contribution in [-0.4, -0.2) is 191 Å². The Hall–Kier alpha value is -6.79. The van der Waals surface area contributed by atoms with Gasteiger partial charge in [0.25, 0.3) is 0 Å². The third-order valence-corrected chi connectivity index (χ3v) is 18.4. The van der Waals surface area contributed by atoms with Crippen molar-refractivity contribution in [2.45, 2.75) is 464 Å². The zero-order valence-corrected chi connectivity index (χ0v) is 93.4. The number of nitrogens with zero attached hydrogens (tertiary/aromatic N) is 2. The van der Waals surface area contributed by atoms with Gasteiger partial charge in [0.1, 0.15) is 39.9 Å². The van der Waals surface area contributed by atoms with Crippen molar-refractivity contribution in [1.82, 2.24) is 36.4 Å². The van der Waals surface area contributed by atoms with Crippen LogP contribution in [0, 0.1) is 0 Å². The first-order chi connectivity index (χ1) is 60.1.